The van der Waals surface area contributed by atoms with Crippen LogP contribution in [-0.2, 0) is 21.9 Å². The van der Waals surface area contributed by atoms with Gasteiger partial charge in [0.1, 0.15) is 28.6 Å². The van der Waals surface area contributed by atoms with Gasteiger partial charge in [-0.25, -0.2) is 0 Å². The molecule has 3 unspecified atom stereocenters. The quantitative estimate of drug-likeness (QED) is 0.347. The van der Waals surface area contributed by atoms with E-state index in [1.54, 1.807) is 54.4 Å². The number of benzene rings is 3. The molecule has 4 aromatic rings. The molecule has 0 aliphatic carbocycles. The van der Waals surface area contributed by atoms with Gasteiger partial charge in [-0.2, -0.15) is 13.5 Å². The van der Waals surface area contributed by atoms with Gasteiger partial charge in [-0.1, -0.05) is 36.4 Å². The molecular formula is C29H26N2O6S. The summed E-state index contributed by atoms with van der Waals surface area (Å²) < 4.78 is 45.6. The first-order valence-corrected chi connectivity index (χ1v) is 13.7. The van der Waals surface area contributed by atoms with E-state index in [9.17, 15) is 13.5 Å². The molecule has 1 N–H and O–H groups in total. The highest BCUT2D eigenvalue weighted by Crippen LogP contribution is 2.51. The number of phenolic OH excluding ortho intramolecular Hbond substituents is 1. The topological polar surface area (TPSA) is 99.9 Å². The van der Waals surface area contributed by atoms with Gasteiger partial charge in [0.05, 0.1) is 19.4 Å². The van der Waals surface area contributed by atoms with Gasteiger partial charge in [-0.15, -0.1) is 0 Å². The number of aromatic nitrogens is 2. The summed E-state index contributed by atoms with van der Waals surface area (Å²) in [6.07, 6.45) is 2.90. The number of phenols is 1. The van der Waals surface area contributed by atoms with Crippen molar-refractivity contribution in [3.05, 3.63) is 96.3 Å². The van der Waals surface area contributed by atoms with Crippen molar-refractivity contribution in [3.8, 4) is 28.4 Å². The van der Waals surface area contributed by atoms with E-state index in [0.717, 1.165) is 33.4 Å². The number of aryl methyl sites for hydroxylation is 1. The minimum atomic E-state index is -4.02. The van der Waals surface area contributed by atoms with Crippen molar-refractivity contribution in [3.63, 3.8) is 0 Å². The number of ether oxygens (including phenoxy) is 2. The third kappa shape index (κ3) is 4.33. The van der Waals surface area contributed by atoms with Crippen LogP contribution in [0.1, 0.15) is 17.5 Å². The normalized spacial score (nSPS) is 20.6. The second-order valence-corrected chi connectivity index (χ2v) is 11.2. The van der Waals surface area contributed by atoms with Gasteiger partial charge in [0.25, 0.3) is 0 Å². The van der Waals surface area contributed by atoms with Crippen molar-refractivity contribution in [2.24, 2.45) is 7.05 Å². The lowest BCUT2D eigenvalue weighted by atomic mass is 9.83. The predicted octanol–water partition coefficient (Wildman–Crippen LogP) is 4.66. The Morgan fingerprint density at radius 3 is 2.11 bits per heavy atom. The second-order valence-electron chi connectivity index (χ2n) is 9.43. The Balaban J connectivity index is 1.38. The van der Waals surface area contributed by atoms with E-state index in [0.29, 0.717) is 5.75 Å². The third-order valence-corrected chi connectivity index (χ3v) is 8.65. The molecule has 0 radical (unpaired) electrons. The number of fused-ring (bicyclic) bond motifs is 2. The Kier molecular flexibility index (Phi) is 5.97. The standard InChI is InChI=1S/C29H26N2O6S/c1-31-17-21(16-30-31)18-3-5-20(6-4-18)28-27(19-7-9-22(32)10-8-19)25-15-26(29(28)36-25)38(33,34)37-24-13-11-23(35-2)12-14-24/h3-14,16-17,25-26,29,32H,15H2,1-2H3. The molecule has 1 saturated heterocycles. The SMILES string of the molecule is COc1ccc(OS(=O)(=O)C2CC3OC2C(c2ccc(-c4cnn(C)c4)cc2)=C3c2ccc(O)cc2)cc1. The van der Waals surface area contributed by atoms with E-state index in [1.807, 2.05) is 49.6 Å². The summed E-state index contributed by atoms with van der Waals surface area (Å²) in [6.45, 7) is 0. The zero-order valence-corrected chi connectivity index (χ0v) is 21.6. The van der Waals surface area contributed by atoms with Crippen LogP contribution >= 0.6 is 0 Å². The van der Waals surface area contributed by atoms with E-state index in [2.05, 4.69) is 5.10 Å². The average molecular weight is 531 g/mol. The lowest BCUT2D eigenvalue weighted by Crippen LogP contribution is -2.35. The van der Waals surface area contributed by atoms with E-state index >= 15 is 0 Å². The molecule has 1 aromatic heterocycles. The Morgan fingerprint density at radius 2 is 1.47 bits per heavy atom. The number of rotatable bonds is 7. The summed E-state index contributed by atoms with van der Waals surface area (Å²) in [5.74, 6) is 0.990. The van der Waals surface area contributed by atoms with Crippen LogP contribution in [0, 0.1) is 0 Å². The highest BCUT2D eigenvalue weighted by atomic mass is 32.2. The van der Waals surface area contributed by atoms with Crippen molar-refractivity contribution in [1.82, 2.24) is 9.78 Å². The van der Waals surface area contributed by atoms with Gasteiger partial charge in [-0.05, 0) is 64.2 Å². The Hall–Kier alpha value is -4.08. The predicted molar refractivity (Wildman–Crippen MR) is 143 cm³/mol. The lowest BCUT2D eigenvalue weighted by molar-refractivity contribution is 0.128. The van der Waals surface area contributed by atoms with E-state index in [-0.39, 0.29) is 17.9 Å². The number of nitrogens with zero attached hydrogens (tertiary/aromatic N) is 2. The van der Waals surface area contributed by atoms with Crippen molar-refractivity contribution in [1.29, 1.82) is 0 Å². The average Bonchev–Trinajstić information content (AvgIpc) is 3.65. The van der Waals surface area contributed by atoms with Gasteiger partial charge in [-0.3, -0.25) is 4.68 Å². The molecule has 3 heterocycles. The molecule has 0 amide bonds. The third-order valence-electron chi connectivity index (χ3n) is 7.05. The fourth-order valence-corrected chi connectivity index (χ4v) is 6.65. The molecule has 194 valence electrons. The summed E-state index contributed by atoms with van der Waals surface area (Å²) in [5.41, 5.74) is 5.50. The van der Waals surface area contributed by atoms with E-state index < -0.39 is 27.6 Å². The minimum Gasteiger partial charge on any atom is -0.508 e. The molecule has 3 atom stereocenters. The molecule has 3 aromatic carbocycles. The van der Waals surface area contributed by atoms with Crippen LogP contribution in [0.2, 0.25) is 0 Å². The summed E-state index contributed by atoms with van der Waals surface area (Å²) >= 11 is 0. The van der Waals surface area contributed by atoms with Crippen LogP contribution in [-0.4, -0.2) is 47.9 Å². The van der Waals surface area contributed by atoms with E-state index in [1.165, 1.54) is 0 Å². The van der Waals surface area contributed by atoms with Crippen molar-refractivity contribution in [2.75, 3.05) is 7.11 Å². The second kappa shape index (κ2) is 9.34. The summed E-state index contributed by atoms with van der Waals surface area (Å²) in [4.78, 5) is 0. The van der Waals surface area contributed by atoms with Crippen LogP contribution in [0.5, 0.6) is 17.2 Å². The number of hydrogen-bond acceptors (Lipinski definition) is 7. The highest BCUT2D eigenvalue weighted by Gasteiger charge is 2.53. The summed E-state index contributed by atoms with van der Waals surface area (Å²) in [6, 6.07) is 21.3. The molecule has 2 aliphatic rings. The first-order chi connectivity index (χ1) is 18.3. The smallest absolute Gasteiger partial charge is 0.315 e. The lowest BCUT2D eigenvalue weighted by Gasteiger charge is -2.25. The largest absolute Gasteiger partial charge is 0.508 e. The molecule has 2 aliphatic heterocycles. The zero-order valence-electron chi connectivity index (χ0n) is 20.8. The number of methoxy groups -OCH3 is 1. The Morgan fingerprint density at radius 1 is 0.868 bits per heavy atom. The fraction of sp³-hybridized carbons (Fsp3) is 0.207. The monoisotopic (exact) mass is 530 g/mol. The maximum atomic E-state index is 13.5. The zero-order chi connectivity index (χ0) is 26.4. The van der Waals surface area contributed by atoms with Crippen LogP contribution in [0.3, 0.4) is 0 Å². The fourth-order valence-electron chi connectivity index (χ4n) is 5.23. The van der Waals surface area contributed by atoms with Crippen molar-refractivity contribution >= 4 is 21.3 Å². The van der Waals surface area contributed by atoms with Gasteiger partial charge >= 0.3 is 10.1 Å². The van der Waals surface area contributed by atoms with Crippen molar-refractivity contribution < 1.29 is 27.2 Å². The van der Waals surface area contributed by atoms with Crippen LogP contribution in [0.15, 0.2) is 85.2 Å². The maximum Gasteiger partial charge on any atom is 0.315 e. The van der Waals surface area contributed by atoms with Gasteiger partial charge < -0.3 is 18.8 Å². The molecule has 8 nitrogen and oxygen atoms in total. The molecule has 38 heavy (non-hydrogen) atoms. The summed E-state index contributed by atoms with van der Waals surface area (Å²) in [5, 5.41) is 13.2. The van der Waals surface area contributed by atoms with Crippen LogP contribution < -0.4 is 8.92 Å². The van der Waals surface area contributed by atoms with Gasteiger partial charge in [0, 0.05) is 25.2 Å². The molecule has 1 fully saturated rings. The summed E-state index contributed by atoms with van der Waals surface area (Å²) in [7, 11) is -0.604. The number of aromatic hydroxyl groups is 1. The molecule has 2 bridgehead atoms. The molecule has 6 rings (SSSR count). The minimum absolute atomic E-state index is 0.161. The molecular weight excluding hydrogens is 504 g/mol. The van der Waals surface area contributed by atoms with E-state index in [4.69, 9.17) is 13.7 Å². The first-order valence-electron chi connectivity index (χ1n) is 12.2. The van der Waals surface area contributed by atoms with Crippen LogP contribution in [0.25, 0.3) is 22.3 Å². The van der Waals surface area contributed by atoms with Crippen LogP contribution in [0.4, 0.5) is 0 Å². The number of hydrogen-bond donors (Lipinski definition) is 1. The Labute approximate surface area is 220 Å². The molecule has 0 spiro atoms. The highest BCUT2D eigenvalue weighted by molar-refractivity contribution is 7.87. The Bertz CT molecular complexity index is 1610. The molecule has 0 saturated carbocycles. The molecule has 9 heteroatoms. The maximum absolute atomic E-state index is 13.5. The first kappa shape index (κ1) is 24.3. The van der Waals surface area contributed by atoms with Crippen molar-refractivity contribution in [2.45, 2.75) is 23.9 Å². The van der Waals surface area contributed by atoms with Gasteiger partial charge in [0.2, 0.25) is 0 Å². The van der Waals surface area contributed by atoms with Gasteiger partial charge in [0.15, 0.2) is 0 Å².